The summed E-state index contributed by atoms with van der Waals surface area (Å²) in [5.41, 5.74) is 1.64. The molecule has 14 heavy (non-hydrogen) atoms. The summed E-state index contributed by atoms with van der Waals surface area (Å²) in [4.78, 5) is 0. The average Bonchev–Trinajstić information content (AvgIpc) is 2.15. The minimum absolute atomic E-state index is 0.00933. The maximum absolute atomic E-state index is 9.05. The van der Waals surface area contributed by atoms with E-state index < -0.39 is 0 Å². The number of rotatable bonds is 3. The van der Waals surface area contributed by atoms with Crippen LogP contribution in [0, 0.1) is 0 Å². The van der Waals surface area contributed by atoms with Crippen LogP contribution in [0.1, 0.15) is 5.56 Å². The summed E-state index contributed by atoms with van der Waals surface area (Å²) in [6, 6.07) is 6.68. The van der Waals surface area contributed by atoms with Crippen LogP contribution in [-0.4, -0.2) is 10.2 Å². The van der Waals surface area contributed by atoms with Crippen molar-refractivity contribution in [3.8, 4) is 5.75 Å². The standard InChI is InChI=1S/C12H12O2/c1-9(3-4-10(2)13)11-5-7-12(14)8-6-11/h3-8,13-14H,1-2H2/b4-3-. The molecule has 0 heterocycles. The van der Waals surface area contributed by atoms with Crippen LogP contribution in [-0.2, 0) is 0 Å². The Balaban J connectivity index is 2.80. The van der Waals surface area contributed by atoms with Crippen molar-refractivity contribution in [2.24, 2.45) is 0 Å². The minimum Gasteiger partial charge on any atom is -0.509 e. The number of allylic oxidation sites excluding steroid dienone is 3. The fourth-order valence-corrected chi connectivity index (χ4v) is 0.969. The molecule has 0 aliphatic carbocycles. The normalized spacial score (nSPS) is 10.3. The molecule has 0 unspecified atom stereocenters. The molecule has 1 rings (SSSR count). The van der Waals surface area contributed by atoms with E-state index in [-0.39, 0.29) is 11.5 Å². The van der Waals surface area contributed by atoms with E-state index in [9.17, 15) is 0 Å². The predicted octanol–water partition coefficient (Wildman–Crippen LogP) is 3.03. The van der Waals surface area contributed by atoms with Gasteiger partial charge in [0.05, 0.1) is 0 Å². The molecule has 0 spiro atoms. The quantitative estimate of drug-likeness (QED) is 0.565. The highest BCUT2D eigenvalue weighted by Crippen LogP contribution is 2.17. The maximum atomic E-state index is 9.05. The SMILES string of the molecule is C=C(O)/C=C\C(=C)c1ccc(O)cc1. The summed E-state index contributed by atoms with van der Waals surface area (Å²) in [7, 11) is 0. The van der Waals surface area contributed by atoms with E-state index >= 15 is 0 Å². The molecule has 0 saturated heterocycles. The molecular formula is C12H12O2. The Bertz CT molecular complexity index is 372. The van der Waals surface area contributed by atoms with Crippen LogP contribution in [0.3, 0.4) is 0 Å². The van der Waals surface area contributed by atoms with Crippen molar-refractivity contribution in [3.63, 3.8) is 0 Å². The molecule has 0 atom stereocenters. The third-order valence-corrected chi connectivity index (χ3v) is 1.72. The Morgan fingerprint density at radius 3 is 2.14 bits per heavy atom. The monoisotopic (exact) mass is 188 g/mol. The van der Waals surface area contributed by atoms with Crippen molar-refractivity contribution in [1.29, 1.82) is 0 Å². The van der Waals surface area contributed by atoms with Gasteiger partial charge in [-0.25, -0.2) is 0 Å². The number of hydrogen-bond donors (Lipinski definition) is 2. The third-order valence-electron chi connectivity index (χ3n) is 1.72. The molecule has 0 saturated carbocycles. The summed E-state index contributed by atoms with van der Waals surface area (Å²) in [5.74, 6) is 0.210. The van der Waals surface area contributed by atoms with Gasteiger partial charge >= 0.3 is 0 Å². The first-order valence-corrected chi connectivity index (χ1v) is 4.14. The molecular weight excluding hydrogens is 176 g/mol. The molecule has 2 heteroatoms. The number of aliphatic hydroxyl groups excluding tert-OH is 1. The Kier molecular flexibility index (Phi) is 3.13. The zero-order valence-electron chi connectivity index (χ0n) is 7.77. The Hall–Kier alpha value is -1.96. The molecule has 1 aromatic carbocycles. The number of phenols is 1. The van der Waals surface area contributed by atoms with E-state index in [1.807, 2.05) is 0 Å². The topological polar surface area (TPSA) is 40.5 Å². The third kappa shape index (κ3) is 2.83. The molecule has 0 amide bonds. The van der Waals surface area contributed by atoms with Crippen molar-refractivity contribution in [2.75, 3.05) is 0 Å². The first-order valence-electron chi connectivity index (χ1n) is 4.14. The Morgan fingerprint density at radius 2 is 1.64 bits per heavy atom. The second-order valence-electron chi connectivity index (χ2n) is 2.90. The summed E-state index contributed by atoms with van der Waals surface area (Å²) in [6.07, 6.45) is 3.13. The Labute approximate surface area is 83.1 Å². The van der Waals surface area contributed by atoms with Crippen LogP contribution in [0.25, 0.3) is 5.57 Å². The van der Waals surface area contributed by atoms with Gasteiger partial charge in [0.1, 0.15) is 11.5 Å². The number of hydrogen-bond acceptors (Lipinski definition) is 2. The van der Waals surface area contributed by atoms with Gasteiger partial charge in [-0.15, -0.1) is 0 Å². The van der Waals surface area contributed by atoms with Crippen LogP contribution in [0.5, 0.6) is 5.75 Å². The van der Waals surface area contributed by atoms with E-state index in [0.29, 0.717) is 0 Å². The minimum atomic E-state index is -0.00933. The first kappa shape index (κ1) is 10.1. The second-order valence-corrected chi connectivity index (χ2v) is 2.90. The van der Waals surface area contributed by atoms with E-state index in [4.69, 9.17) is 10.2 Å². The fourth-order valence-electron chi connectivity index (χ4n) is 0.969. The largest absolute Gasteiger partial charge is 0.509 e. The highest BCUT2D eigenvalue weighted by Gasteiger charge is 1.94. The lowest BCUT2D eigenvalue weighted by Crippen LogP contribution is -1.78. The van der Waals surface area contributed by atoms with E-state index in [0.717, 1.165) is 11.1 Å². The molecule has 2 N–H and O–H groups in total. The number of aromatic hydroxyl groups is 1. The molecule has 72 valence electrons. The van der Waals surface area contributed by atoms with E-state index in [2.05, 4.69) is 13.2 Å². The highest BCUT2D eigenvalue weighted by molar-refractivity contribution is 5.72. The van der Waals surface area contributed by atoms with Gasteiger partial charge in [0.2, 0.25) is 0 Å². The van der Waals surface area contributed by atoms with Crippen molar-refractivity contribution in [1.82, 2.24) is 0 Å². The molecule has 0 aromatic heterocycles. The van der Waals surface area contributed by atoms with Gasteiger partial charge in [-0.2, -0.15) is 0 Å². The summed E-state index contributed by atoms with van der Waals surface area (Å²) < 4.78 is 0. The number of benzene rings is 1. The molecule has 0 aliphatic rings. The van der Waals surface area contributed by atoms with Crippen molar-refractivity contribution < 1.29 is 10.2 Å². The molecule has 0 radical (unpaired) electrons. The maximum Gasteiger partial charge on any atom is 0.115 e. The molecule has 0 fully saturated rings. The highest BCUT2D eigenvalue weighted by atomic mass is 16.3. The smallest absolute Gasteiger partial charge is 0.115 e. The number of aliphatic hydroxyl groups is 1. The van der Waals surface area contributed by atoms with Crippen molar-refractivity contribution >= 4 is 5.57 Å². The molecule has 1 aromatic rings. The van der Waals surface area contributed by atoms with Gasteiger partial charge < -0.3 is 10.2 Å². The van der Waals surface area contributed by atoms with Gasteiger partial charge in [0, 0.05) is 0 Å². The van der Waals surface area contributed by atoms with Crippen molar-refractivity contribution in [3.05, 3.63) is 60.9 Å². The average molecular weight is 188 g/mol. The molecule has 2 nitrogen and oxygen atoms in total. The van der Waals surface area contributed by atoms with Crippen molar-refractivity contribution in [2.45, 2.75) is 0 Å². The lowest BCUT2D eigenvalue weighted by molar-refractivity contribution is 0.435. The molecule has 0 aliphatic heterocycles. The van der Waals surface area contributed by atoms with Crippen LogP contribution >= 0.6 is 0 Å². The van der Waals surface area contributed by atoms with E-state index in [1.165, 1.54) is 6.08 Å². The van der Waals surface area contributed by atoms with E-state index in [1.54, 1.807) is 30.3 Å². The fraction of sp³-hybridized carbons (Fsp3) is 0. The summed E-state index contributed by atoms with van der Waals surface area (Å²) >= 11 is 0. The van der Waals surface area contributed by atoms with Gasteiger partial charge in [0.15, 0.2) is 0 Å². The first-order chi connectivity index (χ1) is 6.59. The van der Waals surface area contributed by atoms with Crippen LogP contribution in [0.15, 0.2) is 55.3 Å². The molecule has 0 bridgehead atoms. The lowest BCUT2D eigenvalue weighted by Gasteiger charge is -1.99. The zero-order chi connectivity index (χ0) is 10.6. The van der Waals surface area contributed by atoms with Crippen LogP contribution in [0.2, 0.25) is 0 Å². The predicted molar refractivity (Wildman–Crippen MR) is 58.0 cm³/mol. The van der Waals surface area contributed by atoms with Gasteiger partial charge in [-0.05, 0) is 29.3 Å². The summed E-state index contributed by atoms with van der Waals surface area (Å²) in [6.45, 7) is 7.13. The second kappa shape index (κ2) is 4.33. The lowest BCUT2D eigenvalue weighted by atomic mass is 10.1. The Morgan fingerprint density at radius 1 is 1.07 bits per heavy atom. The van der Waals surface area contributed by atoms with Gasteiger partial charge in [-0.3, -0.25) is 0 Å². The zero-order valence-corrected chi connectivity index (χ0v) is 7.77. The van der Waals surface area contributed by atoms with Crippen LogP contribution in [0.4, 0.5) is 0 Å². The van der Waals surface area contributed by atoms with Gasteiger partial charge in [-0.1, -0.05) is 31.4 Å². The summed E-state index contributed by atoms with van der Waals surface area (Å²) in [5, 5.41) is 17.9. The number of phenolic OH excluding ortho intramolecular Hbond substituents is 1. The van der Waals surface area contributed by atoms with Crippen LogP contribution < -0.4 is 0 Å². The van der Waals surface area contributed by atoms with Gasteiger partial charge in [0.25, 0.3) is 0 Å².